The van der Waals surface area contributed by atoms with Crippen LogP contribution in [0.5, 0.6) is 11.5 Å². The van der Waals surface area contributed by atoms with E-state index in [1.807, 2.05) is 0 Å². The number of hydrogen-bond acceptors (Lipinski definition) is 5. The number of carbonyl (C=O) groups is 3. The van der Waals surface area contributed by atoms with Gasteiger partial charge in [0.2, 0.25) is 6.79 Å². The quantitative estimate of drug-likeness (QED) is 0.644. The molecule has 0 aliphatic carbocycles. The van der Waals surface area contributed by atoms with Crippen LogP contribution in [0.2, 0.25) is 5.02 Å². The highest BCUT2D eigenvalue weighted by molar-refractivity contribution is 6.34. The minimum absolute atomic E-state index is 0.0441. The lowest BCUT2D eigenvalue weighted by Gasteiger charge is -2.15. The average Bonchev–Trinajstić information content (AvgIpc) is 3.32. The molecule has 2 aliphatic rings. The van der Waals surface area contributed by atoms with Crippen molar-refractivity contribution in [1.82, 2.24) is 0 Å². The Labute approximate surface area is 175 Å². The van der Waals surface area contributed by atoms with E-state index < -0.39 is 17.7 Å². The normalized spacial score (nSPS) is 14.1. The number of benzene rings is 3. The molecule has 0 unspecified atom stereocenters. The van der Waals surface area contributed by atoms with Gasteiger partial charge in [0.25, 0.3) is 17.7 Å². The first-order valence-electron chi connectivity index (χ1n) is 9.01. The molecule has 30 heavy (non-hydrogen) atoms. The van der Waals surface area contributed by atoms with E-state index in [9.17, 15) is 14.4 Å². The van der Waals surface area contributed by atoms with Crippen molar-refractivity contribution in [3.8, 4) is 11.5 Å². The van der Waals surface area contributed by atoms with Crippen LogP contribution < -0.4 is 19.7 Å². The topological polar surface area (TPSA) is 84.9 Å². The van der Waals surface area contributed by atoms with Gasteiger partial charge >= 0.3 is 0 Å². The van der Waals surface area contributed by atoms with Crippen molar-refractivity contribution in [3.05, 3.63) is 82.4 Å². The first kappa shape index (κ1) is 18.2. The van der Waals surface area contributed by atoms with Gasteiger partial charge in [0.15, 0.2) is 11.5 Å². The number of nitrogens with one attached hydrogen (secondary N) is 1. The highest BCUT2D eigenvalue weighted by Crippen LogP contribution is 2.40. The number of imide groups is 1. The fourth-order valence-electron chi connectivity index (χ4n) is 3.45. The number of halogens is 1. The smallest absolute Gasteiger partial charge is 0.266 e. The Balaban J connectivity index is 1.41. The van der Waals surface area contributed by atoms with E-state index >= 15 is 0 Å². The predicted molar refractivity (Wildman–Crippen MR) is 110 cm³/mol. The summed E-state index contributed by atoms with van der Waals surface area (Å²) >= 11 is 6.14. The van der Waals surface area contributed by atoms with Crippen molar-refractivity contribution in [2.75, 3.05) is 17.0 Å². The van der Waals surface area contributed by atoms with Crippen LogP contribution in [0.1, 0.15) is 31.1 Å². The van der Waals surface area contributed by atoms with Crippen molar-refractivity contribution in [2.45, 2.75) is 0 Å². The lowest BCUT2D eigenvalue weighted by molar-refractivity contribution is 0.0925. The summed E-state index contributed by atoms with van der Waals surface area (Å²) in [5.41, 5.74) is 1.78. The lowest BCUT2D eigenvalue weighted by atomic mass is 10.1. The molecular weight excluding hydrogens is 408 g/mol. The summed E-state index contributed by atoms with van der Waals surface area (Å²) in [5.74, 6) is -0.425. The van der Waals surface area contributed by atoms with Gasteiger partial charge in [-0.25, -0.2) is 4.90 Å². The molecule has 0 spiro atoms. The Morgan fingerprint density at radius 2 is 1.67 bits per heavy atom. The van der Waals surface area contributed by atoms with Crippen molar-refractivity contribution < 1.29 is 23.9 Å². The molecule has 0 aromatic heterocycles. The maximum atomic E-state index is 12.7. The van der Waals surface area contributed by atoms with E-state index in [4.69, 9.17) is 21.1 Å². The summed E-state index contributed by atoms with van der Waals surface area (Å²) in [5, 5.41) is 3.02. The van der Waals surface area contributed by atoms with Crippen LogP contribution in [0, 0.1) is 0 Å². The summed E-state index contributed by atoms with van der Waals surface area (Å²) in [7, 11) is 0. The molecule has 148 valence electrons. The van der Waals surface area contributed by atoms with Crippen LogP contribution in [-0.2, 0) is 0 Å². The number of rotatable bonds is 3. The fourth-order valence-corrected chi connectivity index (χ4v) is 3.71. The molecule has 1 N–H and O–H groups in total. The molecule has 8 heteroatoms. The van der Waals surface area contributed by atoms with Gasteiger partial charge in [-0.3, -0.25) is 14.4 Å². The first-order chi connectivity index (χ1) is 14.5. The zero-order valence-electron chi connectivity index (χ0n) is 15.3. The number of carbonyl (C=O) groups excluding carboxylic acids is 3. The van der Waals surface area contributed by atoms with Crippen LogP contribution in [0.25, 0.3) is 0 Å². The number of hydrogen-bond donors (Lipinski definition) is 1. The minimum atomic E-state index is -0.422. The second kappa shape index (κ2) is 6.89. The highest BCUT2D eigenvalue weighted by atomic mass is 35.5. The summed E-state index contributed by atoms with van der Waals surface area (Å²) in [6.07, 6.45) is 0. The lowest BCUT2D eigenvalue weighted by Crippen LogP contribution is -2.29. The molecule has 7 nitrogen and oxygen atoms in total. The Morgan fingerprint density at radius 1 is 0.933 bits per heavy atom. The molecule has 2 heterocycles. The Morgan fingerprint density at radius 3 is 2.40 bits per heavy atom. The van der Waals surface area contributed by atoms with E-state index in [2.05, 4.69) is 5.32 Å². The second-order valence-corrected chi connectivity index (χ2v) is 7.09. The number of ether oxygens (including phenoxy) is 2. The molecule has 0 radical (unpaired) electrons. The summed E-state index contributed by atoms with van der Waals surface area (Å²) < 4.78 is 10.5. The van der Waals surface area contributed by atoms with Gasteiger partial charge in [0.1, 0.15) is 0 Å². The van der Waals surface area contributed by atoms with Gasteiger partial charge in [0, 0.05) is 11.3 Å². The number of fused-ring (bicyclic) bond motifs is 2. The zero-order valence-corrected chi connectivity index (χ0v) is 16.1. The van der Waals surface area contributed by atoms with Crippen LogP contribution in [0.4, 0.5) is 11.4 Å². The largest absolute Gasteiger partial charge is 0.454 e. The molecular formula is C22H13ClN2O5. The van der Waals surface area contributed by atoms with Gasteiger partial charge in [-0.1, -0.05) is 29.8 Å². The van der Waals surface area contributed by atoms with Crippen molar-refractivity contribution in [2.24, 2.45) is 0 Å². The van der Waals surface area contributed by atoms with E-state index in [1.54, 1.807) is 48.5 Å². The van der Waals surface area contributed by atoms with Gasteiger partial charge in [0.05, 0.1) is 21.8 Å². The third-order valence-electron chi connectivity index (χ3n) is 4.85. The predicted octanol–water partition coefficient (Wildman–Crippen LogP) is 4.12. The Hall–Kier alpha value is -3.84. The maximum absolute atomic E-state index is 12.7. The first-order valence-corrected chi connectivity index (χ1v) is 9.39. The van der Waals surface area contributed by atoms with Crippen LogP contribution in [0.15, 0.2) is 60.7 Å². The molecule has 3 amide bonds. The van der Waals surface area contributed by atoms with Gasteiger partial charge in [-0.05, 0) is 42.5 Å². The number of anilines is 2. The van der Waals surface area contributed by atoms with Crippen molar-refractivity contribution >= 4 is 40.7 Å². The van der Waals surface area contributed by atoms with E-state index in [1.165, 1.54) is 12.1 Å². The standard InChI is InChI=1S/C22H13ClN2O5/c23-17-8-12(9-18-19(17)30-11-29-18)20(26)24-13-4-3-5-14(10-13)25-21(27)15-6-1-2-7-16(15)22(25)28/h1-10H,11H2,(H,24,26). The second-order valence-electron chi connectivity index (χ2n) is 6.69. The zero-order chi connectivity index (χ0) is 20.8. The Bertz CT molecular complexity index is 1200. The molecule has 0 bridgehead atoms. The summed E-state index contributed by atoms with van der Waals surface area (Å²) in [6.45, 7) is 0.0441. The number of nitrogens with zero attached hydrogens (tertiary/aromatic N) is 1. The Kier molecular flexibility index (Phi) is 4.18. The highest BCUT2D eigenvalue weighted by Gasteiger charge is 2.36. The van der Waals surface area contributed by atoms with Crippen LogP contribution in [0.3, 0.4) is 0 Å². The van der Waals surface area contributed by atoms with Gasteiger partial charge < -0.3 is 14.8 Å². The summed E-state index contributed by atoms with van der Waals surface area (Å²) in [4.78, 5) is 39.2. The molecule has 2 aliphatic heterocycles. The van der Waals surface area contributed by atoms with Crippen LogP contribution in [-0.4, -0.2) is 24.5 Å². The third-order valence-corrected chi connectivity index (χ3v) is 5.13. The van der Waals surface area contributed by atoms with E-state index in [0.29, 0.717) is 34.0 Å². The van der Waals surface area contributed by atoms with Crippen molar-refractivity contribution in [1.29, 1.82) is 0 Å². The molecule has 0 atom stereocenters. The van der Waals surface area contributed by atoms with Gasteiger partial charge in [-0.2, -0.15) is 0 Å². The SMILES string of the molecule is O=C(Nc1cccc(N2C(=O)c3ccccc3C2=O)c1)c1cc(Cl)c2c(c1)OCO2. The van der Waals surface area contributed by atoms with Gasteiger partial charge in [-0.15, -0.1) is 0 Å². The molecule has 3 aromatic carbocycles. The molecule has 5 rings (SSSR count). The fraction of sp³-hybridized carbons (Fsp3) is 0.0455. The number of amides is 3. The average molecular weight is 421 g/mol. The minimum Gasteiger partial charge on any atom is -0.454 e. The van der Waals surface area contributed by atoms with E-state index in [-0.39, 0.29) is 17.4 Å². The molecule has 0 saturated carbocycles. The van der Waals surface area contributed by atoms with Crippen LogP contribution >= 0.6 is 11.6 Å². The van der Waals surface area contributed by atoms with Crippen molar-refractivity contribution in [3.63, 3.8) is 0 Å². The maximum Gasteiger partial charge on any atom is 0.266 e. The summed E-state index contributed by atoms with van der Waals surface area (Å²) in [6, 6.07) is 16.2. The third kappa shape index (κ3) is 2.87. The van der Waals surface area contributed by atoms with E-state index in [0.717, 1.165) is 4.90 Å². The molecule has 0 saturated heterocycles. The molecule has 3 aromatic rings. The monoisotopic (exact) mass is 420 g/mol. The molecule has 0 fully saturated rings.